The first-order valence-electron chi connectivity index (χ1n) is 7.82. The normalized spacial score (nSPS) is 35.5. The van der Waals surface area contributed by atoms with E-state index >= 15 is 0 Å². The van der Waals surface area contributed by atoms with Crippen molar-refractivity contribution in [1.29, 1.82) is 0 Å². The van der Waals surface area contributed by atoms with Crippen LogP contribution in [-0.2, 0) is 16.8 Å². The summed E-state index contributed by atoms with van der Waals surface area (Å²) in [7, 11) is 0. The van der Waals surface area contributed by atoms with Gasteiger partial charge in [0.25, 0.3) is 0 Å². The molecule has 0 unspecified atom stereocenters. The Kier molecular flexibility index (Phi) is 3.04. The monoisotopic (exact) mass is 308 g/mol. The van der Waals surface area contributed by atoms with Gasteiger partial charge >= 0.3 is 0 Å². The van der Waals surface area contributed by atoms with Crippen LogP contribution in [-0.4, -0.2) is 62.7 Å². The molecule has 2 aliphatic heterocycles. The summed E-state index contributed by atoms with van der Waals surface area (Å²) in [6.45, 7) is 4.60. The Morgan fingerprint density at radius 2 is 2.09 bits per heavy atom. The van der Waals surface area contributed by atoms with E-state index in [0.717, 1.165) is 4.74 Å². The Hall–Kier alpha value is -1.51. The zero-order valence-electron chi connectivity index (χ0n) is 12.6. The van der Waals surface area contributed by atoms with Gasteiger partial charge < -0.3 is 15.1 Å². The van der Waals surface area contributed by atoms with E-state index in [2.05, 4.69) is 15.2 Å². The second kappa shape index (κ2) is 4.74. The van der Waals surface area contributed by atoms with Gasteiger partial charge in [0.1, 0.15) is 5.69 Å². The van der Waals surface area contributed by atoms with Crippen LogP contribution < -0.4 is 0 Å². The van der Waals surface area contributed by atoms with Crippen LogP contribution in [0.4, 0.5) is 0 Å². The van der Waals surface area contributed by atoms with Gasteiger partial charge in [-0.1, -0.05) is 17.2 Å². The maximum Gasteiger partial charge on any atom is 0.232 e. The number of ether oxygens (including phenoxy) is 1. The van der Waals surface area contributed by atoms with Crippen molar-refractivity contribution in [2.24, 2.45) is 0 Å². The minimum absolute atomic E-state index is 0.302. The van der Waals surface area contributed by atoms with Crippen LogP contribution in [0.2, 0.25) is 0 Å². The first-order valence-corrected chi connectivity index (χ1v) is 7.82. The molecule has 0 aromatic carbocycles. The molecule has 1 saturated heterocycles. The van der Waals surface area contributed by atoms with E-state index < -0.39 is 11.3 Å². The minimum atomic E-state index is -1.36. The highest BCUT2D eigenvalue weighted by Gasteiger charge is 2.64. The van der Waals surface area contributed by atoms with Gasteiger partial charge in [0.2, 0.25) is 17.0 Å². The lowest BCUT2D eigenvalue weighted by Gasteiger charge is -2.40. The van der Waals surface area contributed by atoms with Gasteiger partial charge in [-0.2, -0.15) is 4.74 Å². The summed E-state index contributed by atoms with van der Waals surface area (Å²) in [4.78, 5) is 2.14. The first kappa shape index (κ1) is 14.1. The fourth-order valence-electron chi connectivity index (χ4n) is 4.17. The van der Waals surface area contributed by atoms with Crippen LogP contribution in [0.5, 0.6) is 0 Å². The maximum atomic E-state index is 13.1. The molecule has 1 aliphatic carbocycles. The Balaban J connectivity index is 1.80. The Morgan fingerprint density at radius 1 is 1.32 bits per heavy atom. The number of hydroxylamine groups is 1. The molecule has 0 bridgehead atoms. The van der Waals surface area contributed by atoms with Crippen molar-refractivity contribution in [3.8, 4) is 0 Å². The molecule has 1 N–H and O–H groups in total. The van der Waals surface area contributed by atoms with E-state index in [9.17, 15) is 10.3 Å². The number of fused-ring (bicyclic) bond motifs is 3. The molecule has 0 spiro atoms. The SMILES string of the molecule is CC[C@]1(N2CCOCC2)C[C@]2(O)C(=[N+]1[O-])CCc1nonc12. The molecule has 1 aromatic rings. The smallest absolute Gasteiger partial charge is 0.232 e. The van der Waals surface area contributed by atoms with Crippen LogP contribution in [0.1, 0.15) is 37.6 Å². The van der Waals surface area contributed by atoms with Crippen LogP contribution in [0, 0.1) is 5.21 Å². The number of hydrogen-bond acceptors (Lipinski definition) is 7. The Labute approximate surface area is 127 Å². The number of hydrogen-bond donors (Lipinski definition) is 1. The number of morpholine rings is 1. The standard InChI is InChI=1S/C14H20N4O4/c1-2-13(17-5-7-21-8-6-17)9-14(19)11(18(13)20)4-3-10-12(14)16-22-15-10/h19H,2-9H2,1H3/t13-,14+/m1/s1. The van der Waals surface area contributed by atoms with Crippen LogP contribution in [0.25, 0.3) is 0 Å². The summed E-state index contributed by atoms with van der Waals surface area (Å²) in [5, 5.41) is 32.1. The highest BCUT2D eigenvalue weighted by atomic mass is 16.6. The second-order valence-corrected chi connectivity index (χ2v) is 6.27. The van der Waals surface area contributed by atoms with Gasteiger partial charge in [-0.3, -0.25) is 0 Å². The van der Waals surface area contributed by atoms with Gasteiger partial charge in [0.15, 0.2) is 5.69 Å². The van der Waals surface area contributed by atoms with Gasteiger partial charge in [-0.25, -0.2) is 9.53 Å². The van der Waals surface area contributed by atoms with Crippen molar-refractivity contribution in [3.63, 3.8) is 0 Å². The van der Waals surface area contributed by atoms with Crippen LogP contribution >= 0.6 is 0 Å². The molecule has 4 rings (SSSR count). The summed E-state index contributed by atoms with van der Waals surface area (Å²) in [6.07, 6.45) is 2.00. The molecule has 1 aromatic heterocycles. The molecule has 0 amide bonds. The van der Waals surface area contributed by atoms with Crippen LogP contribution in [0.15, 0.2) is 4.63 Å². The number of aliphatic hydroxyl groups is 1. The maximum absolute atomic E-state index is 13.1. The van der Waals surface area contributed by atoms with Crippen molar-refractivity contribution in [2.45, 2.75) is 43.9 Å². The van der Waals surface area contributed by atoms with Crippen LogP contribution in [0.3, 0.4) is 0 Å². The highest BCUT2D eigenvalue weighted by molar-refractivity contribution is 5.92. The third kappa shape index (κ3) is 1.65. The Morgan fingerprint density at radius 3 is 2.82 bits per heavy atom. The highest BCUT2D eigenvalue weighted by Crippen LogP contribution is 2.46. The fourth-order valence-corrected chi connectivity index (χ4v) is 4.17. The number of aromatic nitrogens is 2. The number of aryl methyl sites for hydroxylation is 1. The molecule has 0 saturated carbocycles. The largest absolute Gasteiger partial charge is 0.622 e. The average Bonchev–Trinajstić information content (AvgIpc) is 3.11. The van der Waals surface area contributed by atoms with E-state index in [1.165, 1.54) is 0 Å². The number of rotatable bonds is 2. The van der Waals surface area contributed by atoms with E-state index in [4.69, 9.17) is 9.37 Å². The molecule has 22 heavy (non-hydrogen) atoms. The average molecular weight is 308 g/mol. The lowest BCUT2D eigenvalue weighted by molar-refractivity contribution is -0.578. The molecule has 0 radical (unpaired) electrons. The summed E-state index contributed by atoms with van der Waals surface area (Å²) in [6, 6.07) is 0. The molecular formula is C14H20N4O4. The van der Waals surface area contributed by atoms with Crippen molar-refractivity contribution in [1.82, 2.24) is 15.2 Å². The van der Waals surface area contributed by atoms with E-state index in [0.29, 0.717) is 69.1 Å². The van der Waals surface area contributed by atoms with E-state index in [1.54, 1.807) is 0 Å². The molecular weight excluding hydrogens is 288 g/mol. The van der Waals surface area contributed by atoms with E-state index in [1.807, 2.05) is 6.92 Å². The van der Waals surface area contributed by atoms with Crippen molar-refractivity contribution >= 4 is 5.71 Å². The minimum Gasteiger partial charge on any atom is -0.622 e. The zero-order valence-corrected chi connectivity index (χ0v) is 12.6. The molecule has 1 fully saturated rings. The summed E-state index contributed by atoms with van der Waals surface area (Å²) < 4.78 is 11.2. The van der Waals surface area contributed by atoms with E-state index in [-0.39, 0.29) is 0 Å². The zero-order chi connectivity index (χ0) is 15.4. The molecule has 120 valence electrons. The summed E-state index contributed by atoms with van der Waals surface area (Å²) in [5.41, 5.74) is -0.534. The molecule has 3 aliphatic rings. The van der Waals surface area contributed by atoms with Gasteiger partial charge in [-0.15, -0.1) is 0 Å². The topological polar surface area (TPSA) is 97.7 Å². The van der Waals surface area contributed by atoms with Gasteiger partial charge in [-0.05, 0) is 0 Å². The second-order valence-electron chi connectivity index (χ2n) is 6.27. The molecule has 3 heterocycles. The Bertz CT molecular complexity index is 624. The van der Waals surface area contributed by atoms with Crippen molar-refractivity contribution in [2.75, 3.05) is 26.3 Å². The van der Waals surface area contributed by atoms with Crippen molar-refractivity contribution < 1.29 is 19.2 Å². The molecule has 8 heteroatoms. The number of nitrogens with zero attached hydrogens (tertiary/aromatic N) is 4. The predicted octanol–water partition coefficient (Wildman–Crippen LogP) is -0.00310. The third-order valence-corrected chi connectivity index (χ3v) is 5.35. The lowest BCUT2D eigenvalue weighted by atomic mass is 9.80. The quantitative estimate of drug-likeness (QED) is 0.606. The summed E-state index contributed by atoms with van der Waals surface area (Å²) >= 11 is 0. The lowest BCUT2D eigenvalue weighted by Crippen LogP contribution is -2.57. The predicted molar refractivity (Wildman–Crippen MR) is 75.2 cm³/mol. The van der Waals surface area contributed by atoms with Gasteiger partial charge in [0, 0.05) is 32.4 Å². The third-order valence-electron chi connectivity index (χ3n) is 5.35. The fraction of sp³-hybridized carbons (Fsp3) is 0.786. The first-order chi connectivity index (χ1) is 10.6. The molecule has 8 nitrogen and oxygen atoms in total. The van der Waals surface area contributed by atoms with Crippen molar-refractivity contribution in [3.05, 3.63) is 16.6 Å². The summed E-state index contributed by atoms with van der Waals surface area (Å²) in [5.74, 6) is 0. The van der Waals surface area contributed by atoms with Gasteiger partial charge in [0.05, 0.1) is 19.6 Å². The molecule has 2 atom stereocenters.